The molecule has 0 aromatic carbocycles. The molecule has 0 radical (unpaired) electrons. The van der Waals surface area contributed by atoms with Crippen molar-refractivity contribution in [2.24, 2.45) is 0 Å². The molecule has 0 atom stereocenters. The minimum Gasteiger partial charge on any atom is -0.347 e. The molecule has 0 unspecified atom stereocenters. The minimum absolute atomic E-state index is 0.0417. The van der Waals surface area contributed by atoms with E-state index in [2.05, 4.69) is 15.4 Å². The van der Waals surface area contributed by atoms with Gasteiger partial charge in [-0.1, -0.05) is 0 Å². The van der Waals surface area contributed by atoms with Gasteiger partial charge in [-0.15, -0.1) is 11.3 Å². The number of hydrogen-bond acceptors (Lipinski definition) is 4. The first-order chi connectivity index (χ1) is 10.2. The van der Waals surface area contributed by atoms with Gasteiger partial charge in [0.25, 0.3) is 5.91 Å². The van der Waals surface area contributed by atoms with Crippen molar-refractivity contribution < 1.29 is 4.79 Å². The number of amides is 1. The lowest BCUT2D eigenvalue weighted by atomic mass is 10.2. The summed E-state index contributed by atoms with van der Waals surface area (Å²) in [5, 5.41) is 9.00. The first kappa shape index (κ1) is 13.5. The average molecular weight is 298 g/mol. The number of nitrogens with one attached hydrogen (secondary N) is 1. The molecule has 21 heavy (non-hydrogen) atoms. The lowest BCUT2D eigenvalue weighted by Gasteiger charge is -2.06. The molecule has 3 heterocycles. The molecule has 6 heteroatoms. The quantitative estimate of drug-likeness (QED) is 0.805. The zero-order valence-electron chi connectivity index (χ0n) is 11.5. The highest BCUT2D eigenvalue weighted by Crippen LogP contribution is 2.15. The summed E-state index contributed by atoms with van der Waals surface area (Å²) < 4.78 is 1.69. The number of rotatable bonds is 4. The maximum Gasteiger partial charge on any atom is 0.261 e. The standard InChI is InChI=1S/C15H14N4OS/c1-11-4-8-21-14(11)15(20)17-10-12-3-6-16-13(9-12)19-7-2-5-18-19/h2-9H,10H2,1H3,(H,17,20). The highest BCUT2D eigenvalue weighted by molar-refractivity contribution is 7.12. The summed E-state index contributed by atoms with van der Waals surface area (Å²) >= 11 is 1.46. The first-order valence-electron chi connectivity index (χ1n) is 6.51. The van der Waals surface area contributed by atoms with Crippen molar-refractivity contribution in [2.75, 3.05) is 0 Å². The smallest absolute Gasteiger partial charge is 0.261 e. The van der Waals surface area contributed by atoms with Crippen LogP contribution in [0.4, 0.5) is 0 Å². The third kappa shape index (κ3) is 3.00. The van der Waals surface area contributed by atoms with Gasteiger partial charge < -0.3 is 5.32 Å². The predicted octanol–water partition coefficient (Wildman–Crippen LogP) is 2.57. The summed E-state index contributed by atoms with van der Waals surface area (Å²) in [6.07, 6.45) is 5.25. The molecule has 0 saturated heterocycles. The topological polar surface area (TPSA) is 59.8 Å². The lowest BCUT2D eigenvalue weighted by Crippen LogP contribution is -2.22. The molecule has 0 spiro atoms. The number of aryl methyl sites for hydroxylation is 1. The van der Waals surface area contributed by atoms with Crippen LogP contribution in [0.2, 0.25) is 0 Å². The molecule has 3 rings (SSSR count). The fourth-order valence-corrected chi connectivity index (χ4v) is 2.81. The monoisotopic (exact) mass is 298 g/mol. The van der Waals surface area contributed by atoms with Crippen LogP contribution in [0.25, 0.3) is 5.82 Å². The molecule has 0 saturated carbocycles. The third-order valence-electron chi connectivity index (χ3n) is 3.07. The van der Waals surface area contributed by atoms with E-state index < -0.39 is 0 Å². The van der Waals surface area contributed by atoms with Crippen LogP contribution in [-0.4, -0.2) is 20.7 Å². The van der Waals surface area contributed by atoms with Crippen molar-refractivity contribution in [3.05, 3.63) is 64.2 Å². The van der Waals surface area contributed by atoms with Crippen LogP contribution in [0.15, 0.2) is 48.2 Å². The Morgan fingerprint density at radius 3 is 3.00 bits per heavy atom. The van der Waals surface area contributed by atoms with Gasteiger partial charge in [-0.3, -0.25) is 4.79 Å². The second-order valence-electron chi connectivity index (χ2n) is 4.59. The van der Waals surface area contributed by atoms with Crippen molar-refractivity contribution in [3.8, 4) is 5.82 Å². The van der Waals surface area contributed by atoms with E-state index in [0.717, 1.165) is 21.8 Å². The fourth-order valence-electron chi connectivity index (χ4n) is 1.97. The highest BCUT2D eigenvalue weighted by Gasteiger charge is 2.10. The van der Waals surface area contributed by atoms with E-state index in [0.29, 0.717) is 6.54 Å². The Morgan fingerprint density at radius 1 is 1.38 bits per heavy atom. The molecule has 0 bridgehead atoms. The number of thiophene rings is 1. The average Bonchev–Trinajstić information content (AvgIpc) is 3.16. The second-order valence-corrected chi connectivity index (χ2v) is 5.50. The van der Waals surface area contributed by atoms with Crippen LogP contribution in [0.5, 0.6) is 0 Å². The van der Waals surface area contributed by atoms with E-state index in [1.165, 1.54) is 11.3 Å². The maximum atomic E-state index is 12.1. The fraction of sp³-hybridized carbons (Fsp3) is 0.133. The van der Waals surface area contributed by atoms with Crippen LogP contribution in [0, 0.1) is 6.92 Å². The molecule has 1 N–H and O–H groups in total. The molecule has 0 fully saturated rings. The first-order valence-corrected chi connectivity index (χ1v) is 7.39. The minimum atomic E-state index is -0.0417. The summed E-state index contributed by atoms with van der Waals surface area (Å²) in [4.78, 5) is 17.1. The van der Waals surface area contributed by atoms with Crippen LogP contribution in [0.3, 0.4) is 0 Å². The van der Waals surface area contributed by atoms with Gasteiger partial charge in [-0.05, 0) is 47.7 Å². The molecule has 5 nitrogen and oxygen atoms in total. The highest BCUT2D eigenvalue weighted by atomic mass is 32.1. The summed E-state index contributed by atoms with van der Waals surface area (Å²) in [7, 11) is 0. The summed E-state index contributed by atoms with van der Waals surface area (Å²) in [5.41, 5.74) is 1.99. The van der Waals surface area contributed by atoms with E-state index >= 15 is 0 Å². The molecule has 0 aliphatic rings. The van der Waals surface area contributed by atoms with Crippen LogP contribution in [0.1, 0.15) is 20.8 Å². The number of nitrogens with zero attached hydrogens (tertiary/aromatic N) is 3. The Kier molecular flexibility index (Phi) is 3.79. The number of pyridine rings is 1. The molecule has 3 aromatic rings. The molecule has 106 valence electrons. The van der Waals surface area contributed by atoms with Gasteiger partial charge >= 0.3 is 0 Å². The molecule has 3 aromatic heterocycles. The molecule has 0 aliphatic carbocycles. The van der Waals surface area contributed by atoms with E-state index in [9.17, 15) is 4.79 Å². The largest absolute Gasteiger partial charge is 0.347 e. The number of aromatic nitrogens is 3. The Labute approximate surface area is 126 Å². The Balaban J connectivity index is 1.70. The number of carbonyl (C=O) groups is 1. The van der Waals surface area contributed by atoms with Crippen LogP contribution < -0.4 is 5.32 Å². The van der Waals surface area contributed by atoms with Gasteiger partial charge in [0, 0.05) is 25.1 Å². The summed E-state index contributed by atoms with van der Waals surface area (Å²) in [6.45, 7) is 2.40. The van der Waals surface area contributed by atoms with E-state index in [-0.39, 0.29) is 5.91 Å². The van der Waals surface area contributed by atoms with Gasteiger partial charge in [0.05, 0.1) is 4.88 Å². The van der Waals surface area contributed by atoms with Crippen molar-refractivity contribution in [1.29, 1.82) is 0 Å². The summed E-state index contributed by atoms with van der Waals surface area (Å²) in [6, 6.07) is 7.58. The van der Waals surface area contributed by atoms with Crippen molar-refractivity contribution in [2.45, 2.75) is 13.5 Å². The van der Waals surface area contributed by atoms with Gasteiger partial charge in [0.15, 0.2) is 5.82 Å². The van der Waals surface area contributed by atoms with Crippen LogP contribution >= 0.6 is 11.3 Å². The molecular formula is C15H14N4OS. The van der Waals surface area contributed by atoms with Crippen molar-refractivity contribution in [1.82, 2.24) is 20.1 Å². The number of hydrogen-bond donors (Lipinski definition) is 1. The SMILES string of the molecule is Cc1ccsc1C(=O)NCc1ccnc(-n2cccn2)c1. The zero-order chi connectivity index (χ0) is 14.7. The Hall–Kier alpha value is -2.47. The van der Waals surface area contributed by atoms with E-state index in [1.54, 1.807) is 17.1 Å². The lowest BCUT2D eigenvalue weighted by molar-refractivity contribution is 0.0954. The van der Waals surface area contributed by atoms with Gasteiger partial charge in [-0.25, -0.2) is 9.67 Å². The van der Waals surface area contributed by atoms with Gasteiger partial charge in [0.2, 0.25) is 0 Å². The Bertz CT molecular complexity index is 749. The maximum absolute atomic E-state index is 12.1. The Morgan fingerprint density at radius 2 is 2.29 bits per heavy atom. The van der Waals surface area contributed by atoms with Crippen molar-refractivity contribution >= 4 is 17.2 Å². The normalized spacial score (nSPS) is 10.5. The van der Waals surface area contributed by atoms with Crippen molar-refractivity contribution in [3.63, 3.8) is 0 Å². The van der Waals surface area contributed by atoms with E-state index in [1.807, 2.05) is 42.8 Å². The predicted molar refractivity (Wildman–Crippen MR) is 81.6 cm³/mol. The van der Waals surface area contributed by atoms with Crippen LogP contribution in [-0.2, 0) is 6.54 Å². The second kappa shape index (κ2) is 5.88. The molecule has 0 aliphatic heterocycles. The zero-order valence-corrected chi connectivity index (χ0v) is 12.3. The van der Waals surface area contributed by atoms with Gasteiger partial charge in [-0.2, -0.15) is 5.10 Å². The summed E-state index contributed by atoms with van der Waals surface area (Å²) in [5.74, 6) is 0.694. The third-order valence-corrected chi connectivity index (χ3v) is 4.09. The van der Waals surface area contributed by atoms with Gasteiger partial charge in [0.1, 0.15) is 0 Å². The number of carbonyl (C=O) groups excluding carboxylic acids is 1. The molecular weight excluding hydrogens is 284 g/mol. The van der Waals surface area contributed by atoms with E-state index in [4.69, 9.17) is 0 Å². The molecule has 1 amide bonds.